The maximum Gasteiger partial charge on any atom is 0.0622 e. The Balaban J connectivity index is 1.96. The van der Waals surface area contributed by atoms with Crippen LogP contribution in [0, 0.1) is 11.3 Å². The Labute approximate surface area is 131 Å². The van der Waals surface area contributed by atoms with Crippen molar-refractivity contribution in [2.45, 2.75) is 65.8 Å². The predicted molar refractivity (Wildman–Crippen MR) is 90.1 cm³/mol. The van der Waals surface area contributed by atoms with Gasteiger partial charge in [-0.3, -0.25) is 4.98 Å². The summed E-state index contributed by atoms with van der Waals surface area (Å²) in [6.07, 6.45) is 8.10. The first-order chi connectivity index (χ1) is 9.41. The zero-order chi connectivity index (χ0) is 14.8. The minimum absolute atomic E-state index is 0.456. The normalized spacial score (nSPS) is 23.6. The van der Waals surface area contributed by atoms with Gasteiger partial charge in [0.15, 0.2) is 0 Å². The average molecular weight is 339 g/mol. The molecule has 1 saturated carbocycles. The molecular weight excluding hydrogens is 312 g/mol. The maximum atomic E-state index is 4.41. The summed E-state index contributed by atoms with van der Waals surface area (Å²) in [4.78, 5) is 4.41. The second-order valence-electron chi connectivity index (χ2n) is 7.03. The van der Waals surface area contributed by atoms with Gasteiger partial charge in [-0.15, -0.1) is 0 Å². The van der Waals surface area contributed by atoms with Crippen LogP contribution >= 0.6 is 15.9 Å². The first kappa shape index (κ1) is 15.8. The molecule has 1 aromatic rings. The second-order valence-corrected chi connectivity index (χ2v) is 7.82. The van der Waals surface area contributed by atoms with Crippen LogP contribution in [0.3, 0.4) is 0 Å². The van der Waals surface area contributed by atoms with E-state index < -0.39 is 0 Å². The lowest BCUT2D eigenvalue weighted by atomic mass is 9.71. The van der Waals surface area contributed by atoms with Crippen LogP contribution in [-0.2, 0) is 6.42 Å². The van der Waals surface area contributed by atoms with Crippen molar-refractivity contribution in [2.24, 2.45) is 11.3 Å². The number of aromatic nitrogens is 1. The van der Waals surface area contributed by atoms with Gasteiger partial charge in [0, 0.05) is 12.2 Å². The largest absolute Gasteiger partial charge is 0.381 e. The van der Waals surface area contributed by atoms with Crippen molar-refractivity contribution < 1.29 is 0 Å². The third-order valence-electron chi connectivity index (χ3n) is 4.61. The molecule has 0 saturated heterocycles. The quantitative estimate of drug-likeness (QED) is 0.795. The molecule has 1 aliphatic rings. The predicted octanol–water partition coefficient (Wildman–Crippen LogP) is 5.42. The topological polar surface area (TPSA) is 24.9 Å². The molecular formula is C17H27BrN2. The number of halogens is 1. The van der Waals surface area contributed by atoms with E-state index in [0.29, 0.717) is 11.5 Å². The zero-order valence-electron chi connectivity index (χ0n) is 13.2. The molecule has 0 aromatic carbocycles. The second kappa shape index (κ2) is 6.46. The lowest BCUT2D eigenvalue weighted by Gasteiger charge is -2.37. The number of rotatable bonds is 3. The molecule has 0 radical (unpaired) electrons. The van der Waals surface area contributed by atoms with E-state index in [1.165, 1.54) is 31.4 Å². The molecule has 3 heteroatoms. The number of hydrogen-bond donors (Lipinski definition) is 1. The van der Waals surface area contributed by atoms with Gasteiger partial charge < -0.3 is 5.32 Å². The van der Waals surface area contributed by atoms with Crippen molar-refractivity contribution in [1.82, 2.24) is 4.98 Å². The molecule has 1 aliphatic carbocycles. The maximum absolute atomic E-state index is 4.41. The highest BCUT2D eigenvalue weighted by Crippen LogP contribution is 2.39. The van der Waals surface area contributed by atoms with E-state index in [-0.39, 0.29) is 0 Å². The summed E-state index contributed by atoms with van der Waals surface area (Å²) in [6.45, 7) is 9.26. The first-order valence-electron chi connectivity index (χ1n) is 7.81. The number of aryl methyl sites for hydroxylation is 1. The lowest BCUT2D eigenvalue weighted by Crippen LogP contribution is -2.31. The molecule has 0 spiro atoms. The monoisotopic (exact) mass is 338 g/mol. The average Bonchev–Trinajstić information content (AvgIpc) is 2.41. The smallest absolute Gasteiger partial charge is 0.0622 e. The van der Waals surface area contributed by atoms with E-state index in [2.05, 4.69) is 60.0 Å². The molecule has 2 rings (SSSR count). The molecule has 1 aromatic heterocycles. The van der Waals surface area contributed by atoms with Crippen LogP contribution < -0.4 is 5.32 Å². The first-order valence-corrected chi connectivity index (χ1v) is 8.61. The highest BCUT2D eigenvalue weighted by atomic mass is 79.9. The van der Waals surface area contributed by atoms with Crippen molar-refractivity contribution in [1.29, 1.82) is 0 Å². The molecule has 0 bridgehead atoms. The van der Waals surface area contributed by atoms with Gasteiger partial charge in [-0.25, -0.2) is 0 Å². The van der Waals surface area contributed by atoms with Crippen LogP contribution in [0.15, 0.2) is 16.7 Å². The highest BCUT2D eigenvalue weighted by molar-refractivity contribution is 9.10. The van der Waals surface area contributed by atoms with E-state index in [1.54, 1.807) is 0 Å². The van der Waals surface area contributed by atoms with E-state index >= 15 is 0 Å². The Morgan fingerprint density at radius 2 is 1.90 bits per heavy atom. The van der Waals surface area contributed by atoms with Crippen molar-refractivity contribution in [3.05, 3.63) is 22.4 Å². The Morgan fingerprint density at radius 1 is 1.25 bits per heavy atom. The van der Waals surface area contributed by atoms with Crippen LogP contribution in [0.2, 0.25) is 0 Å². The zero-order valence-corrected chi connectivity index (χ0v) is 14.8. The number of nitrogens with zero attached hydrogens (tertiary/aromatic N) is 1. The van der Waals surface area contributed by atoms with Crippen molar-refractivity contribution in [2.75, 3.05) is 5.32 Å². The van der Waals surface area contributed by atoms with Crippen molar-refractivity contribution >= 4 is 21.6 Å². The SMILES string of the molecule is CCc1nccc(NC2CCC(C(C)(C)C)CC2)c1Br. The number of hydrogen-bond acceptors (Lipinski definition) is 2. The summed E-state index contributed by atoms with van der Waals surface area (Å²) in [7, 11) is 0. The van der Waals surface area contributed by atoms with Crippen LogP contribution in [0.1, 0.15) is 59.1 Å². The van der Waals surface area contributed by atoms with E-state index in [4.69, 9.17) is 0 Å². The fraction of sp³-hybridized carbons (Fsp3) is 0.706. The fourth-order valence-corrected chi connectivity index (χ4v) is 3.80. The van der Waals surface area contributed by atoms with Gasteiger partial charge in [-0.2, -0.15) is 0 Å². The van der Waals surface area contributed by atoms with Gasteiger partial charge in [0.25, 0.3) is 0 Å². The van der Waals surface area contributed by atoms with Crippen LogP contribution in [0.25, 0.3) is 0 Å². The van der Waals surface area contributed by atoms with Gasteiger partial charge in [-0.05, 0) is 65.4 Å². The fourth-order valence-electron chi connectivity index (χ4n) is 3.17. The molecule has 0 amide bonds. The van der Waals surface area contributed by atoms with Crippen LogP contribution in [-0.4, -0.2) is 11.0 Å². The van der Waals surface area contributed by atoms with Gasteiger partial charge in [0.2, 0.25) is 0 Å². The molecule has 1 N–H and O–H groups in total. The summed E-state index contributed by atoms with van der Waals surface area (Å²) < 4.78 is 1.14. The molecule has 0 aliphatic heterocycles. The molecule has 1 heterocycles. The standard InChI is InChI=1S/C17H27BrN2/c1-5-14-16(18)15(10-11-19-14)20-13-8-6-12(7-9-13)17(2,3)4/h10-13H,5-9H2,1-4H3,(H,19,20). The van der Waals surface area contributed by atoms with Crippen LogP contribution in [0.5, 0.6) is 0 Å². The summed E-state index contributed by atoms with van der Waals surface area (Å²) in [5, 5.41) is 3.71. The molecule has 112 valence electrons. The Morgan fingerprint density at radius 3 is 2.45 bits per heavy atom. The molecule has 0 atom stereocenters. The molecule has 20 heavy (non-hydrogen) atoms. The summed E-state index contributed by atoms with van der Waals surface area (Å²) >= 11 is 3.69. The van der Waals surface area contributed by atoms with Gasteiger partial charge >= 0.3 is 0 Å². The van der Waals surface area contributed by atoms with Gasteiger partial charge in [-0.1, -0.05) is 27.7 Å². The highest BCUT2D eigenvalue weighted by Gasteiger charge is 2.29. The number of nitrogens with one attached hydrogen (secondary N) is 1. The summed E-state index contributed by atoms with van der Waals surface area (Å²) in [5.41, 5.74) is 2.80. The molecule has 0 unspecified atom stereocenters. The Hall–Kier alpha value is -0.570. The Kier molecular flexibility index (Phi) is 5.11. The van der Waals surface area contributed by atoms with Gasteiger partial charge in [0.1, 0.15) is 0 Å². The minimum Gasteiger partial charge on any atom is -0.381 e. The third-order valence-corrected chi connectivity index (χ3v) is 5.49. The van der Waals surface area contributed by atoms with Gasteiger partial charge in [0.05, 0.1) is 15.9 Å². The third kappa shape index (κ3) is 3.75. The Bertz CT molecular complexity index is 443. The number of anilines is 1. The van der Waals surface area contributed by atoms with E-state index in [1.807, 2.05) is 6.20 Å². The van der Waals surface area contributed by atoms with Crippen molar-refractivity contribution in [3.8, 4) is 0 Å². The van der Waals surface area contributed by atoms with Crippen molar-refractivity contribution in [3.63, 3.8) is 0 Å². The molecule has 2 nitrogen and oxygen atoms in total. The summed E-state index contributed by atoms with van der Waals surface area (Å²) in [6, 6.07) is 2.69. The van der Waals surface area contributed by atoms with E-state index in [9.17, 15) is 0 Å². The molecule has 1 fully saturated rings. The van der Waals surface area contributed by atoms with Crippen LogP contribution in [0.4, 0.5) is 5.69 Å². The van der Waals surface area contributed by atoms with E-state index in [0.717, 1.165) is 22.5 Å². The summed E-state index contributed by atoms with van der Waals surface area (Å²) in [5.74, 6) is 0.868. The lowest BCUT2D eigenvalue weighted by molar-refractivity contribution is 0.173. The minimum atomic E-state index is 0.456. The number of pyridine rings is 1.